The van der Waals surface area contributed by atoms with Gasteiger partial charge < -0.3 is 4.74 Å². The van der Waals surface area contributed by atoms with Crippen molar-refractivity contribution in [2.75, 3.05) is 6.61 Å². The quantitative estimate of drug-likeness (QED) is 0.587. The van der Waals surface area contributed by atoms with Crippen molar-refractivity contribution in [1.29, 1.82) is 0 Å². The molecule has 0 bridgehead atoms. The van der Waals surface area contributed by atoms with Gasteiger partial charge in [0, 0.05) is 8.46 Å². The summed E-state index contributed by atoms with van der Waals surface area (Å²) in [6, 6.07) is 3.87. The third-order valence-corrected chi connectivity index (χ3v) is 3.31. The van der Waals surface area contributed by atoms with Crippen LogP contribution >= 0.6 is 33.9 Å². The Morgan fingerprint density at radius 3 is 2.92 bits per heavy atom. The van der Waals surface area contributed by atoms with Gasteiger partial charge in [0.25, 0.3) is 0 Å². The summed E-state index contributed by atoms with van der Waals surface area (Å²) in [5, 5.41) is 1.96. The molecule has 0 saturated heterocycles. The molecule has 0 amide bonds. The molecule has 0 fully saturated rings. The summed E-state index contributed by atoms with van der Waals surface area (Å²) in [6.07, 6.45) is 0. The van der Waals surface area contributed by atoms with Crippen LogP contribution in [0.2, 0.25) is 0 Å². The molecule has 2 heterocycles. The van der Waals surface area contributed by atoms with Crippen LogP contribution in [0.1, 0.15) is 4.88 Å². The fourth-order valence-electron chi connectivity index (χ4n) is 1.04. The zero-order valence-corrected chi connectivity index (χ0v) is 9.02. The van der Waals surface area contributed by atoms with Gasteiger partial charge in [0.05, 0.1) is 5.57 Å². The Morgan fingerprint density at radius 1 is 1.58 bits per heavy atom. The molecule has 0 unspecified atom stereocenters. The first kappa shape index (κ1) is 8.25. The molecular weight excluding hydrogens is 287 g/mol. The van der Waals surface area contributed by atoms with Crippen molar-refractivity contribution < 1.29 is 9.53 Å². The van der Waals surface area contributed by atoms with E-state index in [1.807, 2.05) is 17.5 Å². The molecule has 1 aliphatic heterocycles. The first-order valence-corrected chi connectivity index (χ1v) is 5.34. The average molecular weight is 292 g/mol. The lowest BCUT2D eigenvalue weighted by molar-refractivity contribution is -0.133. The molecule has 0 saturated carbocycles. The highest BCUT2D eigenvalue weighted by Gasteiger charge is 2.24. The van der Waals surface area contributed by atoms with Crippen molar-refractivity contribution in [2.24, 2.45) is 0 Å². The predicted molar refractivity (Wildman–Crippen MR) is 56.2 cm³/mol. The Labute approximate surface area is 87.4 Å². The molecule has 2 rings (SSSR count). The van der Waals surface area contributed by atoms with Crippen molar-refractivity contribution in [3.05, 3.63) is 26.0 Å². The maximum atomic E-state index is 11.2. The first-order valence-electron chi connectivity index (χ1n) is 3.38. The molecule has 4 heteroatoms. The minimum absolute atomic E-state index is 0.193. The SMILES string of the molecule is O=C1OCC(I)=C1c1cccs1. The molecule has 2 nitrogen and oxygen atoms in total. The minimum Gasteiger partial charge on any atom is -0.457 e. The Hall–Kier alpha value is -0.360. The minimum atomic E-state index is -0.193. The summed E-state index contributed by atoms with van der Waals surface area (Å²) in [7, 11) is 0. The Bertz CT molecular complexity index is 340. The van der Waals surface area contributed by atoms with Gasteiger partial charge in [-0.25, -0.2) is 4.79 Å². The fraction of sp³-hybridized carbons (Fsp3) is 0.125. The van der Waals surface area contributed by atoms with Gasteiger partial charge >= 0.3 is 5.97 Å². The molecule has 0 radical (unpaired) electrons. The van der Waals surface area contributed by atoms with E-state index in [1.165, 1.54) is 0 Å². The van der Waals surface area contributed by atoms with Gasteiger partial charge in [-0.3, -0.25) is 0 Å². The van der Waals surface area contributed by atoms with Crippen molar-refractivity contribution in [3.63, 3.8) is 0 Å². The van der Waals surface area contributed by atoms with Gasteiger partial charge in [-0.2, -0.15) is 0 Å². The molecule has 0 atom stereocenters. The number of esters is 1. The van der Waals surface area contributed by atoms with Gasteiger partial charge in [0.1, 0.15) is 6.61 Å². The van der Waals surface area contributed by atoms with Crippen LogP contribution in [0.3, 0.4) is 0 Å². The number of ether oxygens (including phenoxy) is 1. The fourth-order valence-corrected chi connectivity index (χ4v) is 2.67. The lowest BCUT2D eigenvalue weighted by atomic mass is 10.2. The van der Waals surface area contributed by atoms with E-state index in [0.717, 1.165) is 14.0 Å². The molecular formula is C8H5IO2S. The van der Waals surface area contributed by atoms with Crippen LogP contribution in [0.4, 0.5) is 0 Å². The number of rotatable bonds is 1. The highest BCUT2D eigenvalue weighted by Crippen LogP contribution is 2.32. The third-order valence-electron chi connectivity index (χ3n) is 1.57. The Morgan fingerprint density at radius 2 is 2.42 bits per heavy atom. The van der Waals surface area contributed by atoms with Crippen LogP contribution in [-0.2, 0) is 9.53 Å². The zero-order chi connectivity index (χ0) is 8.55. The number of hydrogen-bond donors (Lipinski definition) is 0. The van der Waals surface area contributed by atoms with Gasteiger partial charge in [-0.05, 0) is 34.0 Å². The van der Waals surface area contributed by atoms with Gasteiger partial charge in [0.15, 0.2) is 0 Å². The van der Waals surface area contributed by atoms with Crippen LogP contribution in [0.15, 0.2) is 21.1 Å². The van der Waals surface area contributed by atoms with Gasteiger partial charge in [-0.1, -0.05) is 6.07 Å². The maximum Gasteiger partial charge on any atom is 0.340 e. The third kappa shape index (κ3) is 1.29. The van der Waals surface area contributed by atoms with Crippen LogP contribution in [0, 0.1) is 0 Å². The molecule has 0 aliphatic carbocycles. The maximum absolute atomic E-state index is 11.2. The van der Waals surface area contributed by atoms with Crippen LogP contribution in [-0.4, -0.2) is 12.6 Å². The van der Waals surface area contributed by atoms with Crippen LogP contribution in [0.5, 0.6) is 0 Å². The van der Waals surface area contributed by atoms with E-state index in [4.69, 9.17) is 4.74 Å². The van der Waals surface area contributed by atoms with Crippen LogP contribution in [0.25, 0.3) is 5.57 Å². The summed E-state index contributed by atoms with van der Waals surface area (Å²) >= 11 is 3.71. The summed E-state index contributed by atoms with van der Waals surface area (Å²) in [5.41, 5.74) is 0.741. The van der Waals surface area contributed by atoms with Crippen molar-refractivity contribution >= 4 is 45.5 Å². The second-order valence-electron chi connectivity index (χ2n) is 2.33. The number of carbonyl (C=O) groups is 1. The molecule has 62 valence electrons. The molecule has 1 aromatic heterocycles. The standard InChI is InChI=1S/C8H5IO2S/c9-5-4-11-8(10)7(5)6-2-1-3-12-6/h1-3H,4H2. The van der Waals surface area contributed by atoms with Gasteiger partial charge in [0.2, 0.25) is 0 Å². The van der Waals surface area contributed by atoms with E-state index in [0.29, 0.717) is 6.61 Å². The normalized spacial score (nSPS) is 16.9. The zero-order valence-electron chi connectivity index (χ0n) is 6.04. The molecule has 12 heavy (non-hydrogen) atoms. The molecule has 1 aliphatic rings. The second-order valence-corrected chi connectivity index (χ2v) is 4.58. The number of cyclic esters (lactones) is 1. The topological polar surface area (TPSA) is 26.3 Å². The summed E-state index contributed by atoms with van der Waals surface area (Å²) in [4.78, 5) is 12.2. The lowest BCUT2D eigenvalue weighted by Crippen LogP contribution is -1.96. The average Bonchev–Trinajstić information content (AvgIpc) is 2.61. The summed E-state index contributed by atoms with van der Waals surface area (Å²) in [6.45, 7) is 0.437. The summed E-state index contributed by atoms with van der Waals surface area (Å²) in [5.74, 6) is -0.193. The molecule has 1 aromatic rings. The monoisotopic (exact) mass is 292 g/mol. The van der Waals surface area contributed by atoms with E-state index in [1.54, 1.807) is 11.3 Å². The van der Waals surface area contributed by atoms with E-state index < -0.39 is 0 Å². The number of carbonyl (C=O) groups excluding carboxylic acids is 1. The lowest BCUT2D eigenvalue weighted by Gasteiger charge is -1.92. The number of halogens is 1. The molecule has 0 N–H and O–H groups in total. The molecule has 0 aromatic carbocycles. The van der Waals surface area contributed by atoms with Crippen molar-refractivity contribution in [2.45, 2.75) is 0 Å². The Balaban J connectivity index is 2.47. The van der Waals surface area contributed by atoms with Crippen LogP contribution < -0.4 is 0 Å². The second kappa shape index (κ2) is 3.18. The van der Waals surface area contributed by atoms with Gasteiger partial charge in [-0.15, -0.1) is 11.3 Å². The Kier molecular flexibility index (Phi) is 2.18. The largest absolute Gasteiger partial charge is 0.457 e. The number of thiophene rings is 1. The summed E-state index contributed by atoms with van der Waals surface area (Å²) < 4.78 is 5.89. The number of hydrogen-bond acceptors (Lipinski definition) is 3. The highest BCUT2D eigenvalue weighted by molar-refractivity contribution is 14.1. The van der Waals surface area contributed by atoms with Crippen molar-refractivity contribution in [1.82, 2.24) is 0 Å². The van der Waals surface area contributed by atoms with E-state index >= 15 is 0 Å². The van der Waals surface area contributed by atoms with E-state index in [9.17, 15) is 4.79 Å². The smallest absolute Gasteiger partial charge is 0.340 e. The first-order chi connectivity index (χ1) is 5.79. The van der Waals surface area contributed by atoms with Crippen molar-refractivity contribution in [3.8, 4) is 0 Å². The predicted octanol–water partition coefficient (Wildman–Crippen LogP) is 2.45. The van der Waals surface area contributed by atoms with E-state index in [2.05, 4.69) is 22.6 Å². The highest BCUT2D eigenvalue weighted by atomic mass is 127. The molecule has 0 spiro atoms. The van der Waals surface area contributed by atoms with E-state index in [-0.39, 0.29) is 5.97 Å².